The van der Waals surface area contributed by atoms with Crippen LogP contribution in [0.1, 0.15) is 12.1 Å². The zero-order chi connectivity index (χ0) is 11.6. The average molecular weight is 217 g/mol. The van der Waals surface area contributed by atoms with Crippen molar-refractivity contribution in [1.29, 1.82) is 5.26 Å². The molecule has 0 fully saturated rings. The molecule has 1 heterocycles. The van der Waals surface area contributed by atoms with Gasteiger partial charge < -0.3 is 10.1 Å². The van der Waals surface area contributed by atoms with Gasteiger partial charge in [-0.1, -0.05) is 12.1 Å². The number of aromatic nitrogens is 1. The molecule has 0 saturated heterocycles. The molecule has 4 heteroatoms. The van der Waals surface area contributed by atoms with Crippen molar-refractivity contribution in [2.75, 3.05) is 25.1 Å². The first-order valence-corrected chi connectivity index (χ1v) is 5.16. The van der Waals surface area contributed by atoms with Crippen LogP contribution in [0.2, 0.25) is 0 Å². The molecule has 0 aromatic carbocycles. The van der Waals surface area contributed by atoms with Gasteiger partial charge in [-0.05, 0) is 18.6 Å². The summed E-state index contributed by atoms with van der Waals surface area (Å²) < 4.78 is 5.33. The van der Waals surface area contributed by atoms with E-state index in [0.717, 1.165) is 6.42 Å². The van der Waals surface area contributed by atoms with E-state index in [1.54, 1.807) is 12.1 Å². The Morgan fingerprint density at radius 3 is 3.12 bits per heavy atom. The van der Waals surface area contributed by atoms with Gasteiger partial charge in [0.1, 0.15) is 17.6 Å². The number of ether oxygens (including phenoxy) is 1. The van der Waals surface area contributed by atoms with E-state index in [2.05, 4.69) is 16.9 Å². The third kappa shape index (κ3) is 4.58. The molecule has 0 radical (unpaired) electrons. The lowest BCUT2D eigenvalue weighted by Gasteiger charge is -2.05. The first-order valence-electron chi connectivity index (χ1n) is 5.16. The number of nitrogens with zero attached hydrogens (tertiary/aromatic N) is 2. The molecule has 0 aliphatic heterocycles. The summed E-state index contributed by atoms with van der Waals surface area (Å²) in [4.78, 5) is 4.08. The number of rotatable bonds is 7. The van der Waals surface area contributed by atoms with Gasteiger partial charge in [0.2, 0.25) is 0 Å². The standard InChI is InChI=1S/C12H15N3O/c1-2-3-8-16-9-7-14-12-6-4-5-11(10-13)15-12/h2,4-6H,1,3,7-9H2,(H,14,15). The molecule has 84 valence electrons. The van der Waals surface area contributed by atoms with Crippen LogP contribution in [0.15, 0.2) is 30.9 Å². The third-order valence-corrected chi connectivity index (χ3v) is 1.88. The van der Waals surface area contributed by atoms with Crippen LogP contribution >= 0.6 is 0 Å². The van der Waals surface area contributed by atoms with Gasteiger partial charge in [0.05, 0.1) is 13.2 Å². The second-order valence-electron chi connectivity index (χ2n) is 3.14. The van der Waals surface area contributed by atoms with E-state index in [9.17, 15) is 0 Å². The molecule has 1 aromatic rings. The van der Waals surface area contributed by atoms with E-state index in [-0.39, 0.29) is 0 Å². The Bertz CT molecular complexity index is 371. The highest BCUT2D eigenvalue weighted by Crippen LogP contribution is 2.02. The zero-order valence-electron chi connectivity index (χ0n) is 9.15. The van der Waals surface area contributed by atoms with Crippen molar-refractivity contribution in [3.8, 4) is 6.07 Å². The largest absolute Gasteiger partial charge is 0.379 e. The minimum atomic E-state index is 0.414. The van der Waals surface area contributed by atoms with Crippen molar-refractivity contribution in [3.05, 3.63) is 36.5 Å². The second-order valence-corrected chi connectivity index (χ2v) is 3.14. The number of anilines is 1. The van der Waals surface area contributed by atoms with Gasteiger partial charge >= 0.3 is 0 Å². The first-order chi connectivity index (χ1) is 7.86. The minimum Gasteiger partial charge on any atom is -0.379 e. The van der Waals surface area contributed by atoms with Gasteiger partial charge in [-0.3, -0.25) is 0 Å². The smallest absolute Gasteiger partial charge is 0.142 e. The van der Waals surface area contributed by atoms with E-state index in [1.165, 1.54) is 0 Å². The van der Waals surface area contributed by atoms with Gasteiger partial charge in [0.25, 0.3) is 0 Å². The van der Waals surface area contributed by atoms with Crippen molar-refractivity contribution < 1.29 is 4.74 Å². The monoisotopic (exact) mass is 217 g/mol. The van der Waals surface area contributed by atoms with E-state index in [4.69, 9.17) is 10.00 Å². The molecule has 0 aliphatic carbocycles. The molecule has 4 nitrogen and oxygen atoms in total. The van der Waals surface area contributed by atoms with E-state index < -0.39 is 0 Å². The van der Waals surface area contributed by atoms with E-state index >= 15 is 0 Å². The Hall–Kier alpha value is -1.86. The fraction of sp³-hybridized carbons (Fsp3) is 0.333. The molecule has 0 saturated carbocycles. The van der Waals surface area contributed by atoms with Crippen LogP contribution in [0.4, 0.5) is 5.82 Å². The molecule has 0 unspecified atom stereocenters. The molecule has 1 rings (SSSR count). The Kier molecular flexibility index (Phi) is 5.67. The van der Waals surface area contributed by atoms with Crippen LogP contribution in [0, 0.1) is 11.3 Å². The Morgan fingerprint density at radius 1 is 1.50 bits per heavy atom. The van der Waals surface area contributed by atoms with Gasteiger partial charge in [0, 0.05) is 6.54 Å². The number of nitriles is 1. The summed E-state index contributed by atoms with van der Waals surface area (Å²) in [6, 6.07) is 7.29. The molecule has 0 atom stereocenters. The third-order valence-electron chi connectivity index (χ3n) is 1.88. The Balaban J connectivity index is 2.21. The summed E-state index contributed by atoms with van der Waals surface area (Å²) in [7, 11) is 0. The van der Waals surface area contributed by atoms with Crippen molar-refractivity contribution in [1.82, 2.24) is 4.98 Å². The molecular weight excluding hydrogens is 202 g/mol. The predicted molar refractivity (Wildman–Crippen MR) is 63.1 cm³/mol. The van der Waals surface area contributed by atoms with Crippen molar-refractivity contribution in [2.24, 2.45) is 0 Å². The van der Waals surface area contributed by atoms with Crippen molar-refractivity contribution in [3.63, 3.8) is 0 Å². The maximum atomic E-state index is 8.66. The lowest BCUT2D eigenvalue weighted by molar-refractivity contribution is 0.149. The fourth-order valence-corrected chi connectivity index (χ4v) is 1.12. The molecule has 0 amide bonds. The van der Waals surface area contributed by atoms with Crippen LogP contribution in [0.5, 0.6) is 0 Å². The molecule has 1 N–H and O–H groups in total. The maximum absolute atomic E-state index is 8.66. The van der Waals surface area contributed by atoms with E-state index in [1.807, 2.05) is 18.2 Å². The maximum Gasteiger partial charge on any atom is 0.142 e. The number of hydrogen-bond acceptors (Lipinski definition) is 4. The number of pyridine rings is 1. The highest BCUT2D eigenvalue weighted by molar-refractivity contribution is 5.38. The first kappa shape index (κ1) is 12.2. The highest BCUT2D eigenvalue weighted by Gasteiger charge is 1.95. The van der Waals surface area contributed by atoms with Gasteiger partial charge in [-0.15, -0.1) is 6.58 Å². The molecule has 0 spiro atoms. The topological polar surface area (TPSA) is 57.9 Å². The summed E-state index contributed by atoms with van der Waals surface area (Å²) in [5, 5.41) is 11.7. The van der Waals surface area contributed by atoms with Crippen molar-refractivity contribution in [2.45, 2.75) is 6.42 Å². The molecular formula is C12H15N3O. The molecule has 0 aliphatic rings. The summed E-state index contributed by atoms with van der Waals surface area (Å²) >= 11 is 0. The second kappa shape index (κ2) is 7.43. The van der Waals surface area contributed by atoms with Crippen LogP contribution in [-0.4, -0.2) is 24.7 Å². The molecule has 1 aromatic heterocycles. The van der Waals surface area contributed by atoms with Crippen LogP contribution < -0.4 is 5.32 Å². The summed E-state index contributed by atoms with van der Waals surface area (Å²) in [6.07, 6.45) is 2.69. The quantitative estimate of drug-likeness (QED) is 0.560. The predicted octanol–water partition coefficient (Wildman–Crippen LogP) is 1.96. The Morgan fingerprint density at radius 2 is 2.38 bits per heavy atom. The molecule has 16 heavy (non-hydrogen) atoms. The van der Waals surface area contributed by atoms with Crippen LogP contribution in [-0.2, 0) is 4.74 Å². The lowest BCUT2D eigenvalue weighted by Crippen LogP contribution is -2.10. The van der Waals surface area contributed by atoms with Crippen molar-refractivity contribution >= 4 is 5.82 Å². The zero-order valence-corrected chi connectivity index (χ0v) is 9.15. The summed E-state index contributed by atoms with van der Waals surface area (Å²) in [5.74, 6) is 0.700. The average Bonchev–Trinajstić information content (AvgIpc) is 2.34. The van der Waals surface area contributed by atoms with Gasteiger partial charge in [-0.25, -0.2) is 4.98 Å². The summed E-state index contributed by atoms with van der Waals surface area (Å²) in [5.41, 5.74) is 0.414. The van der Waals surface area contributed by atoms with Crippen LogP contribution in [0.25, 0.3) is 0 Å². The molecule has 0 bridgehead atoms. The number of nitrogens with one attached hydrogen (secondary N) is 1. The lowest BCUT2D eigenvalue weighted by atomic mass is 10.3. The van der Waals surface area contributed by atoms with Gasteiger partial charge in [0.15, 0.2) is 0 Å². The number of hydrogen-bond donors (Lipinski definition) is 1. The minimum absolute atomic E-state index is 0.414. The fourth-order valence-electron chi connectivity index (χ4n) is 1.12. The normalized spacial score (nSPS) is 9.44. The van der Waals surface area contributed by atoms with Crippen LogP contribution in [0.3, 0.4) is 0 Å². The SMILES string of the molecule is C=CCCOCCNc1cccc(C#N)n1. The van der Waals surface area contributed by atoms with E-state index in [0.29, 0.717) is 31.3 Å². The highest BCUT2D eigenvalue weighted by atomic mass is 16.5. The van der Waals surface area contributed by atoms with Gasteiger partial charge in [-0.2, -0.15) is 5.26 Å². The Labute approximate surface area is 95.6 Å². The summed E-state index contributed by atoms with van der Waals surface area (Å²) in [6.45, 7) is 5.60.